The fourth-order valence-corrected chi connectivity index (χ4v) is 2.26. The maximum atomic E-state index is 6.29. The van der Waals surface area contributed by atoms with Gasteiger partial charge in [-0.2, -0.15) is 0 Å². The van der Waals surface area contributed by atoms with Crippen LogP contribution >= 0.6 is 11.6 Å². The SMILES string of the molecule is CCNc1cc(CC)nc2c(OC)ccc(Cl)c12. The van der Waals surface area contributed by atoms with Gasteiger partial charge in [-0.1, -0.05) is 18.5 Å². The molecule has 0 radical (unpaired) electrons. The summed E-state index contributed by atoms with van der Waals surface area (Å²) < 4.78 is 5.37. The van der Waals surface area contributed by atoms with Crippen molar-refractivity contribution < 1.29 is 4.74 Å². The van der Waals surface area contributed by atoms with Crippen molar-refractivity contribution >= 4 is 28.2 Å². The first kappa shape index (κ1) is 13.0. The minimum atomic E-state index is 0.692. The van der Waals surface area contributed by atoms with Crippen LogP contribution in [-0.2, 0) is 6.42 Å². The maximum Gasteiger partial charge on any atom is 0.145 e. The summed E-state index contributed by atoms with van der Waals surface area (Å²) in [5.74, 6) is 0.754. The number of anilines is 1. The topological polar surface area (TPSA) is 34.2 Å². The van der Waals surface area contributed by atoms with Gasteiger partial charge in [-0.05, 0) is 31.5 Å². The second-order valence-corrected chi connectivity index (χ2v) is 4.43. The van der Waals surface area contributed by atoms with E-state index in [2.05, 4.69) is 30.2 Å². The molecule has 4 heteroatoms. The van der Waals surface area contributed by atoms with E-state index in [0.29, 0.717) is 5.02 Å². The Labute approximate surface area is 112 Å². The number of nitrogens with zero attached hydrogens (tertiary/aromatic N) is 1. The van der Waals surface area contributed by atoms with Crippen molar-refractivity contribution in [3.05, 3.63) is 28.9 Å². The van der Waals surface area contributed by atoms with Gasteiger partial charge in [-0.3, -0.25) is 0 Å². The lowest BCUT2D eigenvalue weighted by Crippen LogP contribution is -2.01. The van der Waals surface area contributed by atoms with Crippen molar-refractivity contribution in [2.45, 2.75) is 20.3 Å². The number of aryl methyl sites for hydroxylation is 1. The van der Waals surface area contributed by atoms with Gasteiger partial charge in [0.05, 0.1) is 12.1 Å². The number of hydrogen-bond donors (Lipinski definition) is 1. The van der Waals surface area contributed by atoms with E-state index in [-0.39, 0.29) is 0 Å². The summed E-state index contributed by atoms with van der Waals surface area (Å²) in [6.45, 7) is 4.99. The summed E-state index contributed by atoms with van der Waals surface area (Å²) in [7, 11) is 1.65. The van der Waals surface area contributed by atoms with E-state index in [1.54, 1.807) is 7.11 Å². The Morgan fingerprint density at radius 2 is 2.11 bits per heavy atom. The molecule has 1 heterocycles. The molecule has 0 unspecified atom stereocenters. The third-order valence-electron chi connectivity index (χ3n) is 2.88. The highest BCUT2D eigenvalue weighted by Gasteiger charge is 2.12. The number of halogens is 1. The number of hydrogen-bond acceptors (Lipinski definition) is 3. The van der Waals surface area contributed by atoms with Crippen molar-refractivity contribution in [1.82, 2.24) is 4.98 Å². The zero-order chi connectivity index (χ0) is 13.1. The highest BCUT2D eigenvalue weighted by Crippen LogP contribution is 2.35. The molecule has 1 aromatic carbocycles. The number of nitrogens with one attached hydrogen (secondary N) is 1. The Morgan fingerprint density at radius 1 is 1.33 bits per heavy atom. The van der Waals surface area contributed by atoms with E-state index >= 15 is 0 Å². The van der Waals surface area contributed by atoms with Crippen molar-refractivity contribution in [1.29, 1.82) is 0 Å². The van der Waals surface area contributed by atoms with Gasteiger partial charge in [-0.25, -0.2) is 4.98 Å². The van der Waals surface area contributed by atoms with Crippen LogP contribution in [0.2, 0.25) is 5.02 Å². The van der Waals surface area contributed by atoms with E-state index < -0.39 is 0 Å². The van der Waals surface area contributed by atoms with Gasteiger partial charge < -0.3 is 10.1 Å². The summed E-state index contributed by atoms with van der Waals surface area (Å²) in [6, 6.07) is 5.75. The standard InChI is InChI=1S/C14H17ClN2O/c1-4-9-8-11(16-5-2)13-10(15)6-7-12(18-3)14(13)17-9/h6-8H,4-5H2,1-3H3,(H,16,17). The Morgan fingerprint density at radius 3 is 2.72 bits per heavy atom. The molecule has 18 heavy (non-hydrogen) atoms. The summed E-state index contributed by atoms with van der Waals surface area (Å²) in [6.07, 6.45) is 0.879. The van der Waals surface area contributed by atoms with Crippen LogP contribution in [-0.4, -0.2) is 18.6 Å². The molecule has 0 atom stereocenters. The number of fused-ring (bicyclic) bond motifs is 1. The van der Waals surface area contributed by atoms with Crippen molar-refractivity contribution in [3.63, 3.8) is 0 Å². The van der Waals surface area contributed by atoms with E-state index in [4.69, 9.17) is 16.3 Å². The van der Waals surface area contributed by atoms with Gasteiger partial charge in [0.25, 0.3) is 0 Å². The highest BCUT2D eigenvalue weighted by atomic mass is 35.5. The van der Waals surface area contributed by atoms with Crippen molar-refractivity contribution in [3.8, 4) is 5.75 Å². The van der Waals surface area contributed by atoms with Crippen LogP contribution in [0.25, 0.3) is 10.9 Å². The van der Waals surface area contributed by atoms with E-state index in [0.717, 1.165) is 41.0 Å². The Kier molecular flexibility index (Phi) is 3.92. The summed E-state index contributed by atoms with van der Waals surface area (Å²) in [4.78, 5) is 4.62. The molecular weight excluding hydrogens is 248 g/mol. The largest absolute Gasteiger partial charge is 0.494 e. The van der Waals surface area contributed by atoms with E-state index in [9.17, 15) is 0 Å². The summed E-state index contributed by atoms with van der Waals surface area (Å²) in [5, 5.41) is 4.95. The number of ether oxygens (including phenoxy) is 1. The third kappa shape index (κ3) is 2.23. The van der Waals surface area contributed by atoms with Crippen LogP contribution < -0.4 is 10.1 Å². The van der Waals surface area contributed by atoms with Gasteiger partial charge in [0.1, 0.15) is 11.3 Å². The molecule has 1 N–H and O–H groups in total. The molecule has 0 saturated carbocycles. The second kappa shape index (κ2) is 5.44. The minimum Gasteiger partial charge on any atom is -0.494 e. The molecule has 1 aromatic heterocycles. The molecule has 0 aliphatic heterocycles. The Balaban J connectivity index is 2.80. The lowest BCUT2D eigenvalue weighted by Gasteiger charge is -2.13. The van der Waals surface area contributed by atoms with E-state index in [1.165, 1.54) is 0 Å². The van der Waals surface area contributed by atoms with Gasteiger partial charge in [0, 0.05) is 23.3 Å². The van der Waals surface area contributed by atoms with Crippen LogP contribution in [0, 0.1) is 0 Å². The van der Waals surface area contributed by atoms with Gasteiger partial charge in [0.2, 0.25) is 0 Å². The molecule has 0 fully saturated rings. The Hall–Kier alpha value is -1.48. The molecular formula is C14H17ClN2O. The zero-order valence-corrected chi connectivity index (χ0v) is 11.6. The number of pyridine rings is 1. The molecule has 0 aliphatic carbocycles. The molecule has 96 valence electrons. The molecule has 0 spiro atoms. The molecule has 0 bridgehead atoms. The number of rotatable bonds is 4. The van der Waals surface area contributed by atoms with Crippen LogP contribution in [0.1, 0.15) is 19.5 Å². The van der Waals surface area contributed by atoms with E-state index in [1.807, 2.05) is 12.1 Å². The Bertz CT molecular complexity index is 569. The fraction of sp³-hybridized carbons (Fsp3) is 0.357. The molecule has 2 aromatic rings. The van der Waals surface area contributed by atoms with Gasteiger partial charge in [0.15, 0.2) is 0 Å². The maximum absolute atomic E-state index is 6.29. The first-order chi connectivity index (χ1) is 8.71. The second-order valence-electron chi connectivity index (χ2n) is 4.02. The first-order valence-corrected chi connectivity index (χ1v) is 6.49. The molecule has 0 aliphatic rings. The molecule has 0 amide bonds. The lowest BCUT2D eigenvalue weighted by molar-refractivity contribution is 0.419. The monoisotopic (exact) mass is 264 g/mol. The fourth-order valence-electron chi connectivity index (χ4n) is 2.01. The number of aromatic nitrogens is 1. The summed E-state index contributed by atoms with van der Waals surface area (Å²) in [5.41, 5.74) is 2.86. The smallest absolute Gasteiger partial charge is 0.145 e. The molecule has 3 nitrogen and oxygen atoms in total. The predicted octanol–water partition coefficient (Wildman–Crippen LogP) is 3.89. The highest BCUT2D eigenvalue weighted by molar-refractivity contribution is 6.36. The van der Waals surface area contributed by atoms with Crippen molar-refractivity contribution in [2.24, 2.45) is 0 Å². The normalized spacial score (nSPS) is 10.7. The first-order valence-electron chi connectivity index (χ1n) is 6.11. The summed E-state index contributed by atoms with van der Waals surface area (Å²) >= 11 is 6.29. The molecule has 0 saturated heterocycles. The van der Waals surface area contributed by atoms with Crippen LogP contribution in [0.15, 0.2) is 18.2 Å². The van der Waals surface area contributed by atoms with Gasteiger partial charge in [-0.15, -0.1) is 0 Å². The third-order valence-corrected chi connectivity index (χ3v) is 3.19. The average molecular weight is 265 g/mol. The molecule has 2 rings (SSSR count). The van der Waals surface area contributed by atoms with Crippen LogP contribution in [0.5, 0.6) is 5.75 Å². The minimum absolute atomic E-state index is 0.692. The predicted molar refractivity (Wildman–Crippen MR) is 76.8 cm³/mol. The van der Waals surface area contributed by atoms with Gasteiger partial charge >= 0.3 is 0 Å². The zero-order valence-electron chi connectivity index (χ0n) is 10.9. The number of benzene rings is 1. The van der Waals surface area contributed by atoms with Crippen molar-refractivity contribution in [2.75, 3.05) is 19.0 Å². The average Bonchev–Trinajstić information content (AvgIpc) is 2.39. The lowest BCUT2D eigenvalue weighted by atomic mass is 10.1. The van der Waals surface area contributed by atoms with Crippen LogP contribution in [0.4, 0.5) is 5.69 Å². The van der Waals surface area contributed by atoms with Crippen LogP contribution in [0.3, 0.4) is 0 Å². The quantitative estimate of drug-likeness (QED) is 0.910. The number of methoxy groups -OCH3 is 1.